The Kier molecular flexibility index (Phi) is 4.91. The van der Waals surface area contributed by atoms with Crippen molar-refractivity contribution in [2.24, 2.45) is 0 Å². The van der Waals surface area contributed by atoms with E-state index < -0.39 is 0 Å². The van der Waals surface area contributed by atoms with E-state index in [1.165, 1.54) is 7.11 Å². The topological polar surface area (TPSA) is 97.5 Å². The summed E-state index contributed by atoms with van der Waals surface area (Å²) in [5.74, 6) is 1.50. The van der Waals surface area contributed by atoms with Crippen LogP contribution in [-0.2, 0) is 0 Å². The number of imidazole rings is 1. The van der Waals surface area contributed by atoms with Crippen molar-refractivity contribution in [2.45, 2.75) is 18.9 Å². The molecule has 1 saturated heterocycles. The molecule has 1 N–H and O–H groups in total. The highest BCUT2D eigenvalue weighted by atomic mass is 16.5. The second-order valence-corrected chi connectivity index (χ2v) is 7.19. The standard InChI is InChI=1S/C22H21N7O2/c1-31-21-15(7-4-10-23-21)26-20(30)18-16-8-2-3-13-28(16)19(27-18)17-9-5-14-29(17)22-24-11-6-12-25-22/h2-4,6-8,10-13,17H,5,9,14H2,1H3,(H,26,30). The third-order valence-electron chi connectivity index (χ3n) is 5.36. The Morgan fingerprint density at radius 2 is 1.94 bits per heavy atom. The van der Waals surface area contributed by atoms with Crippen LogP contribution in [0.25, 0.3) is 5.52 Å². The lowest BCUT2D eigenvalue weighted by molar-refractivity contribution is 0.102. The first-order valence-corrected chi connectivity index (χ1v) is 10.1. The predicted molar refractivity (Wildman–Crippen MR) is 115 cm³/mol. The molecule has 5 rings (SSSR count). The summed E-state index contributed by atoms with van der Waals surface area (Å²) in [6, 6.07) is 11.0. The predicted octanol–water partition coefficient (Wildman–Crippen LogP) is 3.12. The number of carbonyl (C=O) groups is 1. The highest BCUT2D eigenvalue weighted by Gasteiger charge is 2.32. The summed E-state index contributed by atoms with van der Waals surface area (Å²) in [5.41, 5.74) is 1.58. The van der Waals surface area contributed by atoms with Crippen molar-refractivity contribution in [1.29, 1.82) is 0 Å². The molecule has 0 aromatic carbocycles. The minimum atomic E-state index is -0.318. The minimum absolute atomic E-state index is 0.0215. The van der Waals surface area contributed by atoms with Crippen LogP contribution in [-0.4, -0.2) is 43.9 Å². The first-order valence-electron chi connectivity index (χ1n) is 10.1. The number of hydrogen-bond donors (Lipinski definition) is 1. The monoisotopic (exact) mass is 415 g/mol. The molecule has 0 radical (unpaired) electrons. The van der Waals surface area contributed by atoms with Crippen LogP contribution in [0, 0.1) is 0 Å². The van der Waals surface area contributed by atoms with Crippen molar-refractivity contribution < 1.29 is 9.53 Å². The summed E-state index contributed by atoms with van der Waals surface area (Å²) in [7, 11) is 1.52. The van der Waals surface area contributed by atoms with Crippen molar-refractivity contribution in [1.82, 2.24) is 24.3 Å². The Bertz CT molecular complexity index is 1230. The lowest BCUT2D eigenvalue weighted by Gasteiger charge is -2.23. The van der Waals surface area contributed by atoms with Gasteiger partial charge in [-0.3, -0.25) is 4.79 Å². The molecule has 5 heterocycles. The number of methoxy groups -OCH3 is 1. The smallest absolute Gasteiger partial charge is 0.276 e. The average molecular weight is 415 g/mol. The maximum atomic E-state index is 13.2. The molecular formula is C22H21N7O2. The van der Waals surface area contributed by atoms with E-state index in [2.05, 4.69) is 25.2 Å². The zero-order chi connectivity index (χ0) is 21.2. The molecule has 9 nitrogen and oxygen atoms in total. The Hall–Kier alpha value is -4.01. The van der Waals surface area contributed by atoms with Crippen molar-refractivity contribution in [2.75, 3.05) is 23.9 Å². The van der Waals surface area contributed by atoms with Gasteiger partial charge >= 0.3 is 0 Å². The van der Waals surface area contributed by atoms with E-state index in [0.717, 1.165) is 30.7 Å². The van der Waals surface area contributed by atoms with Crippen LogP contribution >= 0.6 is 0 Å². The molecule has 4 aromatic heterocycles. The number of ether oxygens (including phenoxy) is 1. The molecule has 1 amide bonds. The fraction of sp³-hybridized carbons (Fsp3) is 0.227. The van der Waals surface area contributed by atoms with Crippen molar-refractivity contribution in [3.8, 4) is 5.88 Å². The maximum Gasteiger partial charge on any atom is 0.276 e. The van der Waals surface area contributed by atoms with Crippen molar-refractivity contribution in [3.05, 3.63) is 72.7 Å². The SMILES string of the molecule is COc1ncccc1NC(=O)c1nc(C2CCCN2c2ncccn2)n2ccccc12. The second kappa shape index (κ2) is 8.02. The van der Waals surface area contributed by atoms with Crippen molar-refractivity contribution in [3.63, 3.8) is 0 Å². The highest BCUT2D eigenvalue weighted by molar-refractivity contribution is 6.08. The van der Waals surface area contributed by atoms with Gasteiger partial charge in [0.25, 0.3) is 5.91 Å². The Balaban J connectivity index is 1.53. The van der Waals surface area contributed by atoms with Gasteiger partial charge in [0.15, 0.2) is 5.69 Å². The summed E-state index contributed by atoms with van der Waals surface area (Å²) in [5, 5.41) is 2.88. The van der Waals surface area contributed by atoms with Crippen LogP contribution in [0.3, 0.4) is 0 Å². The van der Waals surface area contributed by atoms with E-state index in [9.17, 15) is 4.79 Å². The number of anilines is 2. The number of aromatic nitrogens is 5. The number of nitrogens with zero attached hydrogens (tertiary/aromatic N) is 6. The third-order valence-corrected chi connectivity index (χ3v) is 5.36. The summed E-state index contributed by atoms with van der Waals surface area (Å²) >= 11 is 0. The van der Waals surface area contributed by atoms with Gasteiger partial charge in [-0.15, -0.1) is 0 Å². The first kappa shape index (κ1) is 19.0. The summed E-state index contributed by atoms with van der Waals surface area (Å²) in [4.78, 5) is 33.1. The molecule has 1 aliphatic rings. The molecule has 0 bridgehead atoms. The fourth-order valence-corrected chi connectivity index (χ4v) is 4.01. The molecule has 156 valence electrons. The summed E-state index contributed by atoms with van der Waals surface area (Å²) in [6.07, 6.45) is 8.92. The van der Waals surface area contributed by atoms with Crippen LogP contribution in [0.15, 0.2) is 61.2 Å². The summed E-state index contributed by atoms with van der Waals surface area (Å²) in [6.45, 7) is 0.838. The second-order valence-electron chi connectivity index (χ2n) is 7.19. The van der Waals surface area contributed by atoms with Gasteiger partial charge in [0.1, 0.15) is 11.5 Å². The lowest BCUT2D eigenvalue weighted by atomic mass is 10.2. The number of nitrogens with one attached hydrogen (secondary N) is 1. The van der Waals surface area contributed by atoms with E-state index in [4.69, 9.17) is 9.72 Å². The molecule has 9 heteroatoms. The van der Waals surface area contributed by atoms with Gasteiger partial charge in [0.05, 0.1) is 18.7 Å². The molecule has 1 atom stereocenters. The van der Waals surface area contributed by atoms with Gasteiger partial charge in [0, 0.05) is 31.3 Å². The lowest BCUT2D eigenvalue weighted by Crippen LogP contribution is -2.26. The fourth-order valence-electron chi connectivity index (χ4n) is 4.01. The van der Waals surface area contributed by atoms with Gasteiger partial charge < -0.3 is 19.4 Å². The molecule has 0 aliphatic carbocycles. The van der Waals surface area contributed by atoms with Gasteiger partial charge in [-0.25, -0.2) is 19.9 Å². The number of pyridine rings is 2. The van der Waals surface area contributed by atoms with Gasteiger partial charge in [0.2, 0.25) is 11.8 Å². The van der Waals surface area contributed by atoms with E-state index >= 15 is 0 Å². The number of hydrogen-bond acceptors (Lipinski definition) is 7. The van der Waals surface area contributed by atoms with Gasteiger partial charge in [-0.05, 0) is 43.2 Å². The molecule has 4 aromatic rings. The number of carbonyl (C=O) groups excluding carboxylic acids is 1. The number of amides is 1. The quantitative estimate of drug-likeness (QED) is 0.535. The molecular weight excluding hydrogens is 394 g/mol. The van der Waals surface area contributed by atoms with Crippen LogP contribution < -0.4 is 15.0 Å². The van der Waals surface area contributed by atoms with E-state index in [0.29, 0.717) is 23.2 Å². The molecule has 1 fully saturated rings. The minimum Gasteiger partial charge on any atom is -0.480 e. The Labute approximate surface area is 178 Å². The first-order chi connectivity index (χ1) is 15.3. The Morgan fingerprint density at radius 1 is 1.10 bits per heavy atom. The molecule has 0 saturated carbocycles. The Morgan fingerprint density at radius 3 is 2.77 bits per heavy atom. The van der Waals surface area contributed by atoms with E-state index in [1.54, 1.807) is 36.8 Å². The van der Waals surface area contributed by atoms with Crippen LogP contribution in [0.5, 0.6) is 5.88 Å². The highest BCUT2D eigenvalue weighted by Crippen LogP contribution is 2.35. The van der Waals surface area contributed by atoms with Crippen molar-refractivity contribution >= 4 is 23.1 Å². The molecule has 1 unspecified atom stereocenters. The molecule has 0 spiro atoms. The zero-order valence-electron chi connectivity index (χ0n) is 17.0. The van der Waals surface area contributed by atoms with Gasteiger partial charge in [-0.2, -0.15) is 0 Å². The van der Waals surface area contributed by atoms with Crippen LogP contribution in [0.1, 0.15) is 35.2 Å². The summed E-state index contributed by atoms with van der Waals surface area (Å²) < 4.78 is 7.22. The number of rotatable bonds is 5. The van der Waals surface area contributed by atoms with Crippen LogP contribution in [0.2, 0.25) is 0 Å². The molecule has 31 heavy (non-hydrogen) atoms. The molecule has 1 aliphatic heterocycles. The normalized spacial score (nSPS) is 15.9. The largest absolute Gasteiger partial charge is 0.480 e. The van der Waals surface area contributed by atoms with E-state index in [1.807, 2.05) is 28.8 Å². The average Bonchev–Trinajstić information content (AvgIpc) is 3.45. The van der Waals surface area contributed by atoms with E-state index in [-0.39, 0.29) is 11.9 Å². The number of fused-ring (bicyclic) bond motifs is 1. The third kappa shape index (κ3) is 3.43. The van der Waals surface area contributed by atoms with Gasteiger partial charge in [-0.1, -0.05) is 6.07 Å². The van der Waals surface area contributed by atoms with Crippen LogP contribution in [0.4, 0.5) is 11.6 Å². The maximum absolute atomic E-state index is 13.2. The zero-order valence-corrected chi connectivity index (χ0v) is 17.0.